The Morgan fingerprint density at radius 3 is 2.75 bits per heavy atom. The number of halogens is 1. The van der Waals surface area contributed by atoms with E-state index < -0.39 is 5.97 Å². The fourth-order valence-corrected chi connectivity index (χ4v) is 2.14. The molecule has 24 heavy (non-hydrogen) atoms. The number of nitriles is 1. The van der Waals surface area contributed by atoms with Crippen molar-refractivity contribution in [3.8, 4) is 6.07 Å². The molecule has 0 aliphatic carbocycles. The zero-order valence-electron chi connectivity index (χ0n) is 12.8. The summed E-state index contributed by atoms with van der Waals surface area (Å²) in [4.78, 5) is 23.5. The quantitative estimate of drug-likeness (QED) is 0.814. The molecule has 0 spiro atoms. The lowest BCUT2D eigenvalue weighted by molar-refractivity contribution is -0.114. The average Bonchev–Trinajstić information content (AvgIpc) is 2.60. The molecule has 2 aromatic rings. The van der Waals surface area contributed by atoms with Gasteiger partial charge in [-0.2, -0.15) is 5.26 Å². The molecule has 7 heteroatoms. The maximum Gasteiger partial charge on any atom is 0.337 e. The van der Waals surface area contributed by atoms with Crippen molar-refractivity contribution in [2.24, 2.45) is 0 Å². The van der Waals surface area contributed by atoms with Crippen molar-refractivity contribution in [2.75, 3.05) is 24.3 Å². The van der Waals surface area contributed by atoms with Crippen molar-refractivity contribution < 1.29 is 14.3 Å². The molecule has 0 saturated carbocycles. The molecule has 0 atom stereocenters. The van der Waals surface area contributed by atoms with Gasteiger partial charge in [0.25, 0.3) is 0 Å². The maximum absolute atomic E-state index is 12.0. The molecule has 2 N–H and O–H groups in total. The lowest BCUT2D eigenvalue weighted by Crippen LogP contribution is -2.22. The topological polar surface area (TPSA) is 91.2 Å². The third kappa shape index (κ3) is 4.48. The summed E-state index contributed by atoms with van der Waals surface area (Å²) in [5.41, 5.74) is 1.75. The molecular weight excluding hydrogens is 330 g/mol. The summed E-state index contributed by atoms with van der Waals surface area (Å²) >= 11 is 6.04. The summed E-state index contributed by atoms with van der Waals surface area (Å²) in [7, 11) is 1.28. The van der Waals surface area contributed by atoms with Gasteiger partial charge in [-0.25, -0.2) is 4.79 Å². The fourth-order valence-electron chi connectivity index (χ4n) is 1.95. The number of ether oxygens (including phenoxy) is 1. The first kappa shape index (κ1) is 17.3. The number of amides is 1. The summed E-state index contributed by atoms with van der Waals surface area (Å²) in [6.07, 6.45) is 0. The Bertz CT molecular complexity index is 815. The molecule has 0 aliphatic rings. The highest BCUT2D eigenvalue weighted by molar-refractivity contribution is 6.33. The minimum absolute atomic E-state index is 0.0544. The lowest BCUT2D eigenvalue weighted by atomic mass is 10.2. The second-order valence-corrected chi connectivity index (χ2v) is 5.19. The predicted molar refractivity (Wildman–Crippen MR) is 91.1 cm³/mol. The smallest absolute Gasteiger partial charge is 0.337 e. The van der Waals surface area contributed by atoms with Crippen molar-refractivity contribution in [3.05, 3.63) is 58.6 Å². The number of carbonyl (C=O) groups is 2. The van der Waals surface area contributed by atoms with Gasteiger partial charge in [0.2, 0.25) is 5.91 Å². The Hall–Kier alpha value is -3.04. The van der Waals surface area contributed by atoms with Crippen LogP contribution in [0.1, 0.15) is 15.9 Å². The second kappa shape index (κ2) is 7.99. The Kier molecular flexibility index (Phi) is 5.77. The molecule has 2 rings (SSSR count). The van der Waals surface area contributed by atoms with Crippen LogP contribution in [-0.2, 0) is 9.53 Å². The van der Waals surface area contributed by atoms with Crippen LogP contribution in [0.2, 0.25) is 5.02 Å². The van der Waals surface area contributed by atoms with Crippen molar-refractivity contribution >= 4 is 34.9 Å². The molecule has 0 unspecified atom stereocenters. The number of methoxy groups -OCH3 is 1. The van der Waals surface area contributed by atoms with Crippen LogP contribution in [0.15, 0.2) is 42.5 Å². The van der Waals surface area contributed by atoms with E-state index in [0.717, 1.165) is 0 Å². The number of esters is 1. The Balaban J connectivity index is 2.01. The highest BCUT2D eigenvalue weighted by atomic mass is 35.5. The van der Waals surface area contributed by atoms with Crippen molar-refractivity contribution in [2.45, 2.75) is 0 Å². The van der Waals surface area contributed by atoms with Crippen molar-refractivity contribution in [1.82, 2.24) is 0 Å². The Morgan fingerprint density at radius 2 is 2.04 bits per heavy atom. The molecule has 0 heterocycles. The number of rotatable bonds is 5. The normalized spacial score (nSPS) is 9.71. The van der Waals surface area contributed by atoms with Crippen LogP contribution in [0, 0.1) is 11.3 Å². The summed E-state index contributed by atoms with van der Waals surface area (Å²) in [6, 6.07) is 13.2. The molecule has 0 bridgehead atoms. The van der Waals surface area contributed by atoms with Crippen LogP contribution in [0.5, 0.6) is 0 Å². The zero-order valence-corrected chi connectivity index (χ0v) is 13.6. The predicted octanol–water partition coefficient (Wildman–Crippen LogP) is 3.05. The van der Waals surface area contributed by atoms with Gasteiger partial charge in [0.15, 0.2) is 0 Å². The van der Waals surface area contributed by atoms with Crippen LogP contribution in [0.25, 0.3) is 0 Å². The first-order valence-electron chi connectivity index (χ1n) is 6.95. The SMILES string of the molecule is COC(=O)c1ccc(Cl)c(NCC(=O)Nc2cccc(C#N)c2)c1. The van der Waals surface area contributed by atoms with E-state index in [-0.39, 0.29) is 12.5 Å². The van der Waals surface area contributed by atoms with E-state index in [2.05, 4.69) is 15.4 Å². The first-order chi connectivity index (χ1) is 11.5. The number of hydrogen-bond donors (Lipinski definition) is 2. The zero-order chi connectivity index (χ0) is 17.5. The second-order valence-electron chi connectivity index (χ2n) is 4.78. The van der Waals surface area contributed by atoms with E-state index in [4.69, 9.17) is 16.9 Å². The minimum Gasteiger partial charge on any atom is -0.465 e. The van der Waals surface area contributed by atoms with Gasteiger partial charge in [-0.05, 0) is 36.4 Å². The molecule has 122 valence electrons. The number of anilines is 2. The van der Waals surface area contributed by atoms with Crippen LogP contribution in [-0.4, -0.2) is 25.5 Å². The molecule has 0 saturated heterocycles. The van der Waals surface area contributed by atoms with Crippen LogP contribution in [0.3, 0.4) is 0 Å². The number of carbonyl (C=O) groups excluding carboxylic acids is 2. The summed E-state index contributed by atoms with van der Waals surface area (Å²) in [6.45, 7) is -0.0544. The number of benzene rings is 2. The highest BCUT2D eigenvalue weighted by Gasteiger charge is 2.10. The van der Waals surface area contributed by atoms with E-state index in [1.807, 2.05) is 6.07 Å². The summed E-state index contributed by atoms with van der Waals surface area (Å²) in [5.74, 6) is -0.808. The van der Waals surface area contributed by atoms with Crippen LogP contribution >= 0.6 is 11.6 Å². The van der Waals surface area contributed by atoms with Crippen LogP contribution < -0.4 is 10.6 Å². The molecular formula is C17H14ClN3O3. The van der Waals surface area contributed by atoms with Gasteiger partial charge in [0, 0.05) is 5.69 Å². The van der Waals surface area contributed by atoms with Gasteiger partial charge >= 0.3 is 5.97 Å². The van der Waals surface area contributed by atoms with Crippen molar-refractivity contribution in [3.63, 3.8) is 0 Å². The molecule has 6 nitrogen and oxygen atoms in total. The van der Waals surface area contributed by atoms with E-state index in [0.29, 0.717) is 27.5 Å². The van der Waals surface area contributed by atoms with Crippen molar-refractivity contribution in [1.29, 1.82) is 5.26 Å². The van der Waals surface area contributed by atoms with E-state index in [1.165, 1.54) is 19.2 Å². The maximum atomic E-state index is 12.0. The fraction of sp³-hybridized carbons (Fsp3) is 0.118. The number of nitrogens with zero attached hydrogens (tertiary/aromatic N) is 1. The van der Waals surface area contributed by atoms with Gasteiger partial charge in [-0.15, -0.1) is 0 Å². The lowest BCUT2D eigenvalue weighted by Gasteiger charge is -2.10. The van der Waals surface area contributed by atoms with Gasteiger partial charge in [-0.3, -0.25) is 4.79 Å². The van der Waals surface area contributed by atoms with E-state index >= 15 is 0 Å². The Morgan fingerprint density at radius 1 is 1.25 bits per heavy atom. The summed E-state index contributed by atoms with van der Waals surface area (Å²) < 4.78 is 4.64. The molecule has 0 aliphatic heterocycles. The minimum atomic E-state index is -0.493. The number of hydrogen-bond acceptors (Lipinski definition) is 5. The molecule has 0 fully saturated rings. The molecule has 1 amide bonds. The standard InChI is InChI=1S/C17H14ClN3O3/c1-24-17(23)12-5-6-14(18)15(8-12)20-10-16(22)21-13-4-2-3-11(7-13)9-19/h2-8,20H,10H2,1H3,(H,21,22). The van der Waals surface area contributed by atoms with E-state index in [1.54, 1.807) is 30.3 Å². The Labute approximate surface area is 144 Å². The van der Waals surface area contributed by atoms with Gasteiger partial charge in [-0.1, -0.05) is 17.7 Å². The van der Waals surface area contributed by atoms with E-state index in [9.17, 15) is 9.59 Å². The monoisotopic (exact) mass is 343 g/mol. The van der Waals surface area contributed by atoms with Gasteiger partial charge < -0.3 is 15.4 Å². The first-order valence-corrected chi connectivity index (χ1v) is 7.33. The third-order valence-electron chi connectivity index (χ3n) is 3.10. The molecule has 0 aromatic heterocycles. The largest absolute Gasteiger partial charge is 0.465 e. The third-order valence-corrected chi connectivity index (χ3v) is 3.43. The van der Waals surface area contributed by atoms with Crippen LogP contribution in [0.4, 0.5) is 11.4 Å². The molecule has 0 radical (unpaired) electrons. The van der Waals surface area contributed by atoms with Gasteiger partial charge in [0.05, 0.1) is 41.6 Å². The van der Waals surface area contributed by atoms with Gasteiger partial charge in [0.1, 0.15) is 0 Å². The number of nitrogens with one attached hydrogen (secondary N) is 2. The average molecular weight is 344 g/mol. The summed E-state index contributed by atoms with van der Waals surface area (Å²) in [5, 5.41) is 14.8. The molecule has 2 aromatic carbocycles. The highest BCUT2D eigenvalue weighted by Crippen LogP contribution is 2.23.